The fourth-order valence-corrected chi connectivity index (χ4v) is 4.22. The van der Waals surface area contributed by atoms with Gasteiger partial charge < -0.3 is 10.2 Å². The topological polar surface area (TPSA) is 77.8 Å². The summed E-state index contributed by atoms with van der Waals surface area (Å²) in [6, 6.07) is 12.5. The summed E-state index contributed by atoms with van der Waals surface area (Å²) in [7, 11) is -3.64. The highest BCUT2D eigenvalue weighted by Gasteiger charge is 2.38. The Balaban J connectivity index is 1.97. The minimum Gasteiger partial charge on any atom is -0.396 e. The van der Waals surface area contributed by atoms with E-state index in [1.54, 1.807) is 18.2 Å². The van der Waals surface area contributed by atoms with E-state index in [0.29, 0.717) is 0 Å². The van der Waals surface area contributed by atoms with E-state index in [1.165, 1.54) is 4.31 Å². The van der Waals surface area contributed by atoms with Gasteiger partial charge in [0, 0.05) is 25.6 Å². The van der Waals surface area contributed by atoms with Gasteiger partial charge in [-0.15, -0.1) is 0 Å². The van der Waals surface area contributed by atoms with E-state index in [2.05, 4.69) is 0 Å². The number of nitrogens with zero attached hydrogens (tertiary/aromatic N) is 1. The zero-order valence-electron chi connectivity index (χ0n) is 11.4. The SMILES string of the molecule is O=S(=O)(c1ccc2ccccc2c1)N1CC(O)C(CO)C1. The quantitative estimate of drug-likeness (QED) is 0.880. The van der Waals surface area contributed by atoms with Crippen LogP contribution in [-0.4, -0.2) is 48.7 Å². The van der Waals surface area contributed by atoms with E-state index in [-0.39, 0.29) is 24.6 Å². The lowest BCUT2D eigenvalue weighted by Gasteiger charge is -2.16. The highest BCUT2D eigenvalue weighted by molar-refractivity contribution is 7.89. The zero-order valence-corrected chi connectivity index (χ0v) is 12.2. The Hall–Kier alpha value is -1.47. The molecule has 1 fully saturated rings. The molecule has 1 aliphatic rings. The molecule has 1 aliphatic heterocycles. The summed E-state index contributed by atoms with van der Waals surface area (Å²) < 4.78 is 26.5. The van der Waals surface area contributed by atoms with Gasteiger partial charge >= 0.3 is 0 Å². The second kappa shape index (κ2) is 5.38. The monoisotopic (exact) mass is 307 g/mol. The van der Waals surface area contributed by atoms with Gasteiger partial charge in [0.1, 0.15) is 0 Å². The molecule has 1 heterocycles. The summed E-state index contributed by atoms with van der Waals surface area (Å²) in [5.74, 6) is -0.416. The van der Waals surface area contributed by atoms with E-state index < -0.39 is 22.0 Å². The molecule has 2 atom stereocenters. The highest BCUT2D eigenvalue weighted by Crippen LogP contribution is 2.26. The number of β-amino-alcohol motifs (C(OH)–C–C–N with tert-alkyl or cyclic N) is 1. The van der Waals surface area contributed by atoms with Crippen molar-refractivity contribution in [2.24, 2.45) is 5.92 Å². The number of hydrogen-bond donors (Lipinski definition) is 2. The van der Waals surface area contributed by atoms with Crippen LogP contribution in [0.15, 0.2) is 47.4 Å². The van der Waals surface area contributed by atoms with E-state index in [0.717, 1.165) is 10.8 Å². The molecule has 5 nitrogen and oxygen atoms in total. The van der Waals surface area contributed by atoms with Gasteiger partial charge in [-0.05, 0) is 22.9 Å². The highest BCUT2D eigenvalue weighted by atomic mass is 32.2. The van der Waals surface area contributed by atoms with Crippen molar-refractivity contribution < 1.29 is 18.6 Å². The maximum Gasteiger partial charge on any atom is 0.243 e. The van der Waals surface area contributed by atoms with Crippen molar-refractivity contribution in [2.75, 3.05) is 19.7 Å². The molecule has 0 saturated carbocycles. The molecule has 2 unspecified atom stereocenters. The van der Waals surface area contributed by atoms with Crippen molar-refractivity contribution in [2.45, 2.75) is 11.0 Å². The number of rotatable bonds is 3. The Morgan fingerprint density at radius 3 is 2.48 bits per heavy atom. The van der Waals surface area contributed by atoms with Crippen LogP contribution in [0, 0.1) is 5.92 Å². The average Bonchev–Trinajstić information content (AvgIpc) is 2.88. The average molecular weight is 307 g/mol. The Bertz CT molecular complexity index is 759. The normalized spacial score (nSPS) is 23.7. The fourth-order valence-electron chi connectivity index (χ4n) is 2.67. The first kappa shape index (κ1) is 14.5. The Labute approximate surface area is 123 Å². The predicted molar refractivity (Wildman–Crippen MR) is 79.3 cm³/mol. The van der Waals surface area contributed by atoms with Crippen molar-refractivity contribution in [1.82, 2.24) is 4.31 Å². The van der Waals surface area contributed by atoms with Gasteiger partial charge in [0.2, 0.25) is 10.0 Å². The number of fused-ring (bicyclic) bond motifs is 1. The first-order valence-corrected chi connectivity index (χ1v) is 8.24. The molecule has 0 aromatic heterocycles. The van der Waals surface area contributed by atoms with Crippen LogP contribution in [0.4, 0.5) is 0 Å². The lowest BCUT2D eigenvalue weighted by atomic mass is 10.1. The molecule has 112 valence electrons. The lowest BCUT2D eigenvalue weighted by molar-refractivity contribution is 0.104. The number of sulfonamides is 1. The van der Waals surface area contributed by atoms with Crippen LogP contribution in [0.5, 0.6) is 0 Å². The fraction of sp³-hybridized carbons (Fsp3) is 0.333. The maximum atomic E-state index is 12.6. The molecule has 0 radical (unpaired) electrons. The third-order valence-electron chi connectivity index (χ3n) is 3.97. The van der Waals surface area contributed by atoms with Gasteiger partial charge in [-0.3, -0.25) is 0 Å². The Kier molecular flexibility index (Phi) is 3.71. The molecule has 2 aromatic carbocycles. The molecule has 0 bridgehead atoms. The van der Waals surface area contributed by atoms with Crippen LogP contribution >= 0.6 is 0 Å². The number of benzene rings is 2. The lowest BCUT2D eigenvalue weighted by Crippen LogP contribution is -2.29. The predicted octanol–water partition coefficient (Wildman–Crippen LogP) is 0.813. The van der Waals surface area contributed by atoms with E-state index in [1.807, 2.05) is 24.3 Å². The van der Waals surface area contributed by atoms with E-state index >= 15 is 0 Å². The third kappa shape index (κ3) is 2.55. The zero-order chi connectivity index (χ0) is 15.0. The smallest absolute Gasteiger partial charge is 0.243 e. The molecule has 0 spiro atoms. The summed E-state index contributed by atoms with van der Waals surface area (Å²) in [6.07, 6.45) is -0.815. The van der Waals surface area contributed by atoms with Crippen LogP contribution in [0.1, 0.15) is 0 Å². The number of aliphatic hydroxyl groups is 2. The number of aliphatic hydroxyl groups excluding tert-OH is 2. The van der Waals surface area contributed by atoms with Gasteiger partial charge in [-0.2, -0.15) is 4.31 Å². The van der Waals surface area contributed by atoms with Gasteiger partial charge in [0.25, 0.3) is 0 Å². The van der Waals surface area contributed by atoms with Gasteiger partial charge in [-0.25, -0.2) is 8.42 Å². The molecule has 0 aliphatic carbocycles. The second-order valence-electron chi connectivity index (χ2n) is 5.34. The van der Waals surface area contributed by atoms with Crippen molar-refractivity contribution in [1.29, 1.82) is 0 Å². The first-order valence-electron chi connectivity index (χ1n) is 6.80. The largest absolute Gasteiger partial charge is 0.396 e. The Morgan fingerprint density at radius 2 is 1.81 bits per heavy atom. The Morgan fingerprint density at radius 1 is 1.10 bits per heavy atom. The molecule has 6 heteroatoms. The van der Waals surface area contributed by atoms with Crippen LogP contribution in [0.25, 0.3) is 10.8 Å². The van der Waals surface area contributed by atoms with Crippen LogP contribution in [0.2, 0.25) is 0 Å². The summed E-state index contributed by atoms with van der Waals surface area (Å²) in [6.45, 7) is -0.0435. The number of hydrogen-bond acceptors (Lipinski definition) is 4. The third-order valence-corrected chi connectivity index (χ3v) is 5.79. The first-order chi connectivity index (χ1) is 10.0. The molecule has 1 saturated heterocycles. The van der Waals surface area contributed by atoms with Crippen LogP contribution in [-0.2, 0) is 10.0 Å². The summed E-state index contributed by atoms with van der Waals surface area (Å²) >= 11 is 0. The summed E-state index contributed by atoms with van der Waals surface area (Å²) in [4.78, 5) is 0.215. The van der Waals surface area contributed by atoms with Crippen LogP contribution in [0.3, 0.4) is 0 Å². The molecule has 2 aromatic rings. The second-order valence-corrected chi connectivity index (χ2v) is 7.28. The van der Waals surface area contributed by atoms with Gasteiger partial charge in [0.15, 0.2) is 0 Å². The molecule has 0 amide bonds. The van der Waals surface area contributed by atoms with Gasteiger partial charge in [-0.1, -0.05) is 30.3 Å². The maximum absolute atomic E-state index is 12.6. The molecule has 2 N–H and O–H groups in total. The molecular weight excluding hydrogens is 290 g/mol. The standard InChI is InChI=1S/C15H17NO4S/c17-10-13-8-16(9-15(13)18)21(19,20)14-6-5-11-3-1-2-4-12(11)7-14/h1-7,13,15,17-18H,8-10H2. The molecular formula is C15H17NO4S. The van der Waals surface area contributed by atoms with E-state index in [9.17, 15) is 13.5 Å². The minimum atomic E-state index is -3.64. The van der Waals surface area contributed by atoms with Crippen molar-refractivity contribution in [3.63, 3.8) is 0 Å². The van der Waals surface area contributed by atoms with Crippen molar-refractivity contribution in [3.05, 3.63) is 42.5 Å². The van der Waals surface area contributed by atoms with Crippen LogP contribution < -0.4 is 0 Å². The molecule has 21 heavy (non-hydrogen) atoms. The van der Waals surface area contributed by atoms with Crippen molar-refractivity contribution in [3.8, 4) is 0 Å². The van der Waals surface area contributed by atoms with Gasteiger partial charge in [0.05, 0.1) is 11.0 Å². The molecule has 3 rings (SSSR count). The summed E-state index contributed by atoms with van der Waals surface area (Å²) in [5, 5.41) is 20.8. The van der Waals surface area contributed by atoms with E-state index in [4.69, 9.17) is 5.11 Å². The minimum absolute atomic E-state index is 0.0282. The van der Waals surface area contributed by atoms with Crippen molar-refractivity contribution >= 4 is 20.8 Å². The summed E-state index contributed by atoms with van der Waals surface area (Å²) in [5.41, 5.74) is 0.